The Balaban J connectivity index is 1.57. The van der Waals surface area contributed by atoms with Gasteiger partial charge in [-0.2, -0.15) is 5.10 Å². The number of aromatic nitrogens is 2. The number of carbonyl (C=O) groups is 1. The van der Waals surface area contributed by atoms with Crippen LogP contribution in [0.2, 0.25) is 0 Å². The average Bonchev–Trinajstić information content (AvgIpc) is 2.87. The molecular formula is C21H29N3O2. The molecule has 0 aliphatic carbocycles. The van der Waals surface area contributed by atoms with Gasteiger partial charge in [-0.1, -0.05) is 29.8 Å². The smallest absolute Gasteiger partial charge is 0.224 e. The third-order valence-corrected chi connectivity index (χ3v) is 5.78. The molecule has 1 saturated heterocycles. The third kappa shape index (κ3) is 3.68. The van der Waals surface area contributed by atoms with Crippen LogP contribution in [0, 0.1) is 27.7 Å². The highest BCUT2D eigenvalue weighted by molar-refractivity contribution is 5.76. The van der Waals surface area contributed by atoms with E-state index in [1.54, 1.807) is 0 Å². The van der Waals surface area contributed by atoms with Crippen LogP contribution in [0.3, 0.4) is 0 Å². The van der Waals surface area contributed by atoms with Crippen molar-refractivity contribution >= 4 is 5.91 Å². The van der Waals surface area contributed by atoms with Crippen LogP contribution in [-0.2, 0) is 16.9 Å². The normalized spacial score (nSPS) is 16.7. The molecule has 0 unspecified atom stereocenters. The van der Waals surface area contributed by atoms with E-state index >= 15 is 0 Å². The lowest BCUT2D eigenvalue weighted by Gasteiger charge is -2.38. The Morgan fingerprint density at radius 2 is 1.88 bits per heavy atom. The molecule has 2 heterocycles. The average molecular weight is 355 g/mol. The van der Waals surface area contributed by atoms with Crippen molar-refractivity contribution in [1.82, 2.24) is 14.7 Å². The molecule has 1 aromatic heterocycles. The van der Waals surface area contributed by atoms with Crippen molar-refractivity contribution in [2.45, 2.75) is 59.1 Å². The zero-order valence-electron chi connectivity index (χ0n) is 16.2. The van der Waals surface area contributed by atoms with Crippen molar-refractivity contribution < 1.29 is 9.90 Å². The van der Waals surface area contributed by atoms with E-state index in [9.17, 15) is 9.90 Å². The van der Waals surface area contributed by atoms with Gasteiger partial charge in [0.1, 0.15) is 0 Å². The first-order valence-electron chi connectivity index (χ1n) is 9.38. The molecular weight excluding hydrogens is 326 g/mol. The second-order valence-corrected chi connectivity index (χ2v) is 7.55. The van der Waals surface area contributed by atoms with Crippen LogP contribution in [0.25, 0.3) is 0 Å². The second-order valence-electron chi connectivity index (χ2n) is 7.55. The highest BCUT2D eigenvalue weighted by Crippen LogP contribution is 2.33. The van der Waals surface area contributed by atoms with Gasteiger partial charge in [-0.3, -0.25) is 9.48 Å². The molecule has 0 saturated carbocycles. The highest BCUT2D eigenvalue weighted by atomic mass is 16.3. The Morgan fingerprint density at radius 1 is 1.19 bits per heavy atom. The molecule has 1 N–H and O–H groups in total. The Kier molecular flexibility index (Phi) is 5.19. The van der Waals surface area contributed by atoms with Crippen molar-refractivity contribution in [2.24, 2.45) is 0 Å². The molecule has 2 aromatic rings. The summed E-state index contributed by atoms with van der Waals surface area (Å²) in [5.41, 5.74) is 4.63. The van der Waals surface area contributed by atoms with Gasteiger partial charge in [0.25, 0.3) is 0 Å². The van der Waals surface area contributed by atoms with E-state index in [2.05, 4.69) is 12.0 Å². The number of carbonyl (C=O) groups excluding carboxylic acids is 1. The number of rotatable bonds is 4. The molecule has 26 heavy (non-hydrogen) atoms. The highest BCUT2D eigenvalue weighted by Gasteiger charge is 2.35. The molecule has 0 bridgehead atoms. The number of benzene rings is 1. The van der Waals surface area contributed by atoms with Gasteiger partial charge in [-0.15, -0.1) is 0 Å². The number of piperidine rings is 1. The number of aryl methyl sites for hydroxylation is 3. The van der Waals surface area contributed by atoms with E-state index in [1.807, 2.05) is 54.6 Å². The van der Waals surface area contributed by atoms with Crippen molar-refractivity contribution in [3.63, 3.8) is 0 Å². The molecule has 0 radical (unpaired) electrons. The fourth-order valence-corrected chi connectivity index (χ4v) is 3.71. The minimum absolute atomic E-state index is 0.140. The zero-order chi connectivity index (χ0) is 18.9. The molecule has 5 heteroatoms. The summed E-state index contributed by atoms with van der Waals surface area (Å²) in [4.78, 5) is 14.5. The first-order chi connectivity index (χ1) is 12.3. The van der Waals surface area contributed by atoms with E-state index in [4.69, 9.17) is 0 Å². The maximum Gasteiger partial charge on any atom is 0.224 e. The molecule has 0 spiro atoms. The van der Waals surface area contributed by atoms with Crippen LogP contribution >= 0.6 is 0 Å². The zero-order valence-corrected chi connectivity index (χ0v) is 16.2. The van der Waals surface area contributed by atoms with E-state index in [0.29, 0.717) is 38.9 Å². The van der Waals surface area contributed by atoms with Crippen LogP contribution in [-0.4, -0.2) is 38.8 Å². The Hall–Kier alpha value is -2.14. The third-order valence-electron chi connectivity index (χ3n) is 5.78. The van der Waals surface area contributed by atoms with Crippen LogP contribution in [0.5, 0.6) is 0 Å². The van der Waals surface area contributed by atoms with Gasteiger partial charge in [0.2, 0.25) is 5.91 Å². The summed E-state index contributed by atoms with van der Waals surface area (Å²) in [6.45, 7) is 9.94. The van der Waals surface area contributed by atoms with E-state index in [-0.39, 0.29) is 5.91 Å². The SMILES string of the molecule is Cc1cccc(C2(O)CCN(C(=O)CCn3nc(C)c(C)c3C)CC2)c1. The number of amides is 1. The number of nitrogens with zero attached hydrogens (tertiary/aromatic N) is 3. The molecule has 1 aliphatic heterocycles. The van der Waals surface area contributed by atoms with Crippen molar-refractivity contribution in [1.29, 1.82) is 0 Å². The molecule has 1 aliphatic rings. The standard InChI is InChI=1S/C21H29N3O2/c1-15-6-5-7-19(14-15)21(26)9-12-23(13-10-21)20(25)8-11-24-18(4)16(2)17(3)22-24/h5-7,14,26H,8-13H2,1-4H3. The van der Waals surface area contributed by atoms with Gasteiger partial charge < -0.3 is 10.0 Å². The van der Waals surface area contributed by atoms with E-state index in [1.165, 1.54) is 5.56 Å². The van der Waals surface area contributed by atoms with E-state index in [0.717, 1.165) is 22.5 Å². The van der Waals surface area contributed by atoms with Gasteiger partial charge in [0.15, 0.2) is 0 Å². The maximum atomic E-state index is 12.6. The van der Waals surface area contributed by atoms with Crippen molar-refractivity contribution in [3.05, 3.63) is 52.3 Å². The molecule has 1 aromatic carbocycles. The largest absolute Gasteiger partial charge is 0.385 e. The molecule has 0 atom stereocenters. The summed E-state index contributed by atoms with van der Waals surface area (Å²) >= 11 is 0. The molecule has 5 nitrogen and oxygen atoms in total. The maximum absolute atomic E-state index is 12.6. The minimum Gasteiger partial charge on any atom is -0.385 e. The fraction of sp³-hybridized carbons (Fsp3) is 0.524. The number of hydrogen-bond acceptors (Lipinski definition) is 3. The summed E-state index contributed by atoms with van der Waals surface area (Å²) < 4.78 is 1.93. The lowest BCUT2D eigenvalue weighted by Crippen LogP contribution is -2.45. The van der Waals surface area contributed by atoms with Crippen LogP contribution in [0.15, 0.2) is 24.3 Å². The predicted octanol–water partition coefficient (Wildman–Crippen LogP) is 3.02. The Bertz CT molecular complexity index is 802. The van der Waals surface area contributed by atoms with Crippen molar-refractivity contribution in [2.75, 3.05) is 13.1 Å². The first kappa shape index (κ1) is 18.6. The van der Waals surface area contributed by atoms with Crippen LogP contribution in [0.1, 0.15) is 47.3 Å². The summed E-state index contributed by atoms with van der Waals surface area (Å²) in [7, 11) is 0. The number of likely N-dealkylation sites (tertiary alicyclic amines) is 1. The monoisotopic (exact) mass is 355 g/mol. The Labute approximate surface area is 155 Å². The van der Waals surface area contributed by atoms with Crippen LogP contribution in [0.4, 0.5) is 0 Å². The van der Waals surface area contributed by atoms with Crippen LogP contribution < -0.4 is 0 Å². The second kappa shape index (κ2) is 7.23. The number of aliphatic hydroxyl groups is 1. The van der Waals surface area contributed by atoms with E-state index < -0.39 is 5.60 Å². The summed E-state index contributed by atoms with van der Waals surface area (Å²) in [5, 5.41) is 15.5. The van der Waals surface area contributed by atoms with Gasteiger partial charge in [0, 0.05) is 31.7 Å². The quantitative estimate of drug-likeness (QED) is 0.917. The summed E-state index contributed by atoms with van der Waals surface area (Å²) in [6.07, 6.45) is 1.62. The Morgan fingerprint density at radius 3 is 2.46 bits per heavy atom. The molecule has 1 amide bonds. The first-order valence-corrected chi connectivity index (χ1v) is 9.38. The van der Waals surface area contributed by atoms with Gasteiger partial charge >= 0.3 is 0 Å². The fourth-order valence-electron chi connectivity index (χ4n) is 3.71. The summed E-state index contributed by atoms with van der Waals surface area (Å²) in [6, 6.07) is 8.04. The summed E-state index contributed by atoms with van der Waals surface area (Å²) in [5.74, 6) is 0.140. The van der Waals surface area contributed by atoms with Crippen molar-refractivity contribution in [3.8, 4) is 0 Å². The van der Waals surface area contributed by atoms with Gasteiger partial charge in [-0.05, 0) is 51.7 Å². The molecule has 140 valence electrons. The minimum atomic E-state index is -0.824. The lowest BCUT2D eigenvalue weighted by atomic mass is 9.84. The lowest BCUT2D eigenvalue weighted by molar-refractivity contribution is -0.136. The molecule has 1 fully saturated rings. The predicted molar refractivity (Wildman–Crippen MR) is 102 cm³/mol. The van der Waals surface area contributed by atoms with Gasteiger partial charge in [0.05, 0.1) is 11.3 Å². The topological polar surface area (TPSA) is 58.4 Å². The number of hydrogen-bond donors (Lipinski definition) is 1. The molecule has 3 rings (SSSR count). The van der Waals surface area contributed by atoms with Gasteiger partial charge in [-0.25, -0.2) is 0 Å².